The van der Waals surface area contributed by atoms with Crippen LogP contribution in [0.2, 0.25) is 0 Å². The van der Waals surface area contributed by atoms with Crippen LogP contribution < -0.4 is 4.72 Å². The Balaban J connectivity index is 2.76. The van der Waals surface area contributed by atoms with Crippen LogP contribution in [0.1, 0.15) is 23.5 Å². The number of thiophene rings is 1. The Morgan fingerprint density at radius 1 is 1.56 bits per heavy atom. The fraction of sp³-hybridized carbons (Fsp3) is 0.500. The minimum absolute atomic E-state index is 0.00663. The minimum Gasteiger partial charge on any atom is -0.477 e. The molecule has 0 aliphatic heterocycles. The molecule has 0 aromatic carbocycles. The fourth-order valence-electron chi connectivity index (χ4n) is 1.23. The fourth-order valence-corrected chi connectivity index (χ4v) is 3.62. The molecular weight excluding hydrogens is 278 g/mol. The number of carboxylic acid groups (broad SMARTS) is 1. The first-order chi connectivity index (χ1) is 8.36. The zero-order valence-corrected chi connectivity index (χ0v) is 11.7. The minimum atomic E-state index is -3.68. The molecule has 102 valence electrons. The molecule has 2 N–H and O–H groups in total. The lowest BCUT2D eigenvalue weighted by Crippen LogP contribution is -2.35. The third kappa shape index (κ3) is 4.05. The second-order valence-corrected chi connectivity index (χ2v) is 6.63. The van der Waals surface area contributed by atoms with E-state index >= 15 is 0 Å². The molecule has 0 radical (unpaired) electrons. The highest BCUT2D eigenvalue weighted by molar-refractivity contribution is 7.91. The Kier molecular flexibility index (Phi) is 5.27. The molecule has 0 amide bonds. The monoisotopic (exact) mass is 293 g/mol. The van der Waals surface area contributed by atoms with Gasteiger partial charge in [0.2, 0.25) is 10.0 Å². The first-order valence-electron chi connectivity index (χ1n) is 5.30. The first-order valence-corrected chi connectivity index (χ1v) is 7.60. The number of sulfonamides is 1. The van der Waals surface area contributed by atoms with Crippen molar-refractivity contribution < 1.29 is 23.1 Å². The third-order valence-corrected chi connectivity index (χ3v) is 5.14. The maximum Gasteiger partial charge on any atom is 0.345 e. The average molecular weight is 293 g/mol. The summed E-state index contributed by atoms with van der Waals surface area (Å²) < 4.78 is 31.3. The lowest BCUT2D eigenvalue weighted by atomic mass is 10.4. The van der Waals surface area contributed by atoms with Gasteiger partial charge in [-0.3, -0.25) is 0 Å². The van der Waals surface area contributed by atoms with Crippen molar-refractivity contribution in [1.29, 1.82) is 0 Å². The van der Waals surface area contributed by atoms with Crippen molar-refractivity contribution in [3.05, 3.63) is 17.0 Å². The molecule has 0 saturated heterocycles. The summed E-state index contributed by atoms with van der Waals surface area (Å²) in [5, 5.41) is 8.74. The summed E-state index contributed by atoms with van der Waals surface area (Å²) in [6, 6.07) is 2.18. The predicted octanol–water partition coefficient (Wildman–Crippen LogP) is 1.15. The van der Waals surface area contributed by atoms with Crippen LogP contribution in [0.15, 0.2) is 16.3 Å². The van der Waals surface area contributed by atoms with Crippen molar-refractivity contribution in [2.24, 2.45) is 0 Å². The first kappa shape index (κ1) is 15.1. The number of hydrogen-bond acceptors (Lipinski definition) is 5. The van der Waals surface area contributed by atoms with E-state index in [2.05, 4.69) is 4.72 Å². The zero-order chi connectivity index (χ0) is 13.8. The summed E-state index contributed by atoms with van der Waals surface area (Å²) in [6.07, 6.45) is 0. The molecule has 1 atom stereocenters. The molecule has 0 fully saturated rings. The summed E-state index contributed by atoms with van der Waals surface area (Å²) in [4.78, 5) is 10.7. The van der Waals surface area contributed by atoms with Crippen LogP contribution in [0.4, 0.5) is 0 Å². The summed E-state index contributed by atoms with van der Waals surface area (Å²) in [5.41, 5.74) is 0. The van der Waals surface area contributed by atoms with Gasteiger partial charge in [0.25, 0.3) is 0 Å². The molecule has 0 aliphatic carbocycles. The molecule has 18 heavy (non-hydrogen) atoms. The lowest BCUT2D eigenvalue weighted by Gasteiger charge is -2.12. The van der Waals surface area contributed by atoms with Gasteiger partial charge >= 0.3 is 5.97 Å². The van der Waals surface area contributed by atoms with Crippen molar-refractivity contribution in [3.63, 3.8) is 0 Å². The summed E-state index contributed by atoms with van der Waals surface area (Å²) >= 11 is 0.723. The second-order valence-electron chi connectivity index (χ2n) is 3.61. The molecule has 1 aromatic rings. The zero-order valence-electron chi connectivity index (χ0n) is 10.0. The van der Waals surface area contributed by atoms with E-state index in [1.807, 2.05) is 6.92 Å². The van der Waals surface area contributed by atoms with Gasteiger partial charge in [0, 0.05) is 12.6 Å². The molecule has 6 nitrogen and oxygen atoms in total. The van der Waals surface area contributed by atoms with E-state index in [0.717, 1.165) is 11.3 Å². The molecule has 0 aliphatic rings. The lowest BCUT2D eigenvalue weighted by molar-refractivity contribution is 0.0702. The van der Waals surface area contributed by atoms with Crippen LogP contribution in [-0.2, 0) is 14.8 Å². The van der Waals surface area contributed by atoms with Gasteiger partial charge in [-0.25, -0.2) is 17.9 Å². The van der Waals surface area contributed by atoms with E-state index in [1.54, 1.807) is 6.92 Å². The highest BCUT2D eigenvalue weighted by atomic mass is 32.2. The Hall–Kier alpha value is -0.960. The van der Waals surface area contributed by atoms with E-state index < -0.39 is 16.0 Å². The number of rotatable bonds is 7. The van der Waals surface area contributed by atoms with Crippen LogP contribution in [-0.4, -0.2) is 38.7 Å². The van der Waals surface area contributed by atoms with Crippen LogP contribution in [0.3, 0.4) is 0 Å². The van der Waals surface area contributed by atoms with Crippen LogP contribution in [0.5, 0.6) is 0 Å². The van der Waals surface area contributed by atoms with Gasteiger partial charge in [-0.2, -0.15) is 0 Å². The van der Waals surface area contributed by atoms with E-state index in [4.69, 9.17) is 9.84 Å². The highest BCUT2D eigenvalue weighted by Gasteiger charge is 2.21. The van der Waals surface area contributed by atoms with Crippen molar-refractivity contribution >= 4 is 27.3 Å². The van der Waals surface area contributed by atoms with Crippen molar-refractivity contribution in [1.82, 2.24) is 4.72 Å². The molecule has 1 unspecified atom stereocenters. The standard InChI is InChI=1S/C10H15NO5S2/c1-3-16-6-7(2)11-18(14,15)9-5-4-8(17-9)10(12)13/h4-5,7,11H,3,6H2,1-2H3,(H,12,13). The SMILES string of the molecule is CCOCC(C)NS(=O)(=O)c1ccc(C(=O)O)s1. The second kappa shape index (κ2) is 6.28. The average Bonchev–Trinajstić information content (AvgIpc) is 2.75. The highest BCUT2D eigenvalue weighted by Crippen LogP contribution is 2.21. The number of aromatic carboxylic acids is 1. The molecule has 0 saturated carbocycles. The summed E-state index contributed by atoms with van der Waals surface area (Å²) in [5.74, 6) is -1.14. The van der Waals surface area contributed by atoms with Gasteiger partial charge in [-0.05, 0) is 26.0 Å². The topological polar surface area (TPSA) is 92.7 Å². The third-order valence-electron chi connectivity index (χ3n) is 1.99. The number of nitrogens with one attached hydrogen (secondary N) is 1. The Labute approximate surface area is 110 Å². The quantitative estimate of drug-likeness (QED) is 0.786. The van der Waals surface area contributed by atoms with E-state index in [9.17, 15) is 13.2 Å². The number of hydrogen-bond donors (Lipinski definition) is 2. The van der Waals surface area contributed by atoms with E-state index in [-0.39, 0.29) is 21.7 Å². The molecule has 1 heterocycles. The van der Waals surface area contributed by atoms with Crippen molar-refractivity contribution in [2.75, 3.05) is 13.2 Å². The smallest absolute Gasteiger partial charge is 0.345 e. The Morgan fingerprint density at radius 3 is 2.72 bits per heavy atom. The maximum atomic E-state index is 11.9. The number of carbonyl (C=O) groups is 1. The van der Waals surface area contributed by atoms with Crippen molar-refractivity contribution in [2.45, 2.75) is 24.1 Å². The molecular formula is C10H15NO5S2. The molecule has 8 heteroatoms. The van der Waals surface area contributed by atoms with Gasteiger partial charge in [0.1, 0.15) is 9.09 Å². The van der Waals surface area contributed by atoms with E-state index in [1.165, 1.54) is 12.1 Å². The van der Waals surface area contributed by atoms with Crippen LogP contribution in [0, 0.1) is 0 Å². The molecule has 0 bridgehead atoms. The summed E-state index contributed by atoms with van der Waals surface area (Å²) in [6.45, 7) is 4.28. The van der Waals surface area contributed by atoms with Gasteiger partial charge in [0.05, 0.1) is 6.61 Å². The summed E-state index contributed by atoms with van der Waals surface area (Å²) in [7, 11) is -3.68. The number of ether oxygens (including phenoxy) is 1. The van der Waals surface area contributed by atoms with Gasteiger partial charge in [-0.1, -0.05) is 0 Å². The van der Waals surface area contributed by atoms with Crippen LogP contribution in [0.25, 0.3) is 0 Å². The predicted molar refractivity (Wildman–Crippen MR) is 67.6 cm³/mol. The molecule has 1 aromatic heterocycles. The van der Waals surface area contributed by atoms with Gasteiger partial charge in [0.15, 0.2) is 0 Å². The largest absolute Gasteiger partial charge is 0.477 e. The van der Waals surface area contributed by atoms with E-state index in [0.29, 0.717) is 6.61 Å². The maximum absolute atomic E-state index is 11.9. The van der Waals surface area contributed by atoms with Gasteiger partial charge < -0.3 is 9.84 Å². The van der Waals surface area contributed by atoms with Crippen LogP contribution >= 0.6 is 11.3 Å². The van der Waals surface area contributed by atoms with Gasteiger partial charge in [-0.15, -0.1) is 11.3 Å². The number of carboxylic acids is 1. The Morgan fingerprint density at radius 2 is 2.22 bits per heavy atom. The Bertz CT molecular complexity index is 508. The molecule has 1 rings (SSSR count). The normalized spacial score (nSPS) is 13.4. The van der Waals surface area contributed by atoms with Crippen molar-refractivity contribution in [3.8, 4) is 0 Å². The molecule has 0 spiro atoms.